The first kappa shape index (κ1) is 40.6. The summed E-state index contributed by atoms with van der Waals surface area (Å²) in [5, 5.41) is 27.6. The minimum absolute atomic E-state index is 0.0143. The quantitative estimate of drug-likeness (QED) is 0.158. The highest BCUT2D eigenvalue weighted by Crippen LogP contribution is 2.22. The molecule has 0 unspecified atom stereocenters. The number of hydrogen-bond donors (Lipinski definition) is 5. The zero-order valence-corrected chi connectivity index (χ0v) is 28.6. The van der Waals surface area contributed by atoms with Gasteiger partial charge in [0.05, 0.1) is 18.6 Å². The maximum absolute atomic E-state index is 13.8. The van der Waals surface area contributed by atoms with Crippen molar-refractivity contribution in [2.75, 3.05) is 13.7 Å². The molecule has 0 aromatic carbocycles. The van der Waals surface area contributed by atoms with Crippen LogP contribution in [-0.2, 0) is 33.5 Å². The van der Waals surface area contributed by atoms with Crippen LogP contribution in [0.4, 0.5) is 0 Å². The fraction of sp³-hybridized carbons (Fsp3) is 0.781. The van der Waals surface area contributed by atoms with Crippen LogP contribution in [0.3, 0.4) is 0 Å². The molecule has 46 heavy (non-hydrogen) atoms. The molecule has 1 aliphatic heterocycles. The van der Waals surface area contributed by atoms with Gasteiger partial charge in [-0.15, -0.1) is 0 Å². The van der Waals surface area contributed by atoms with E-state index in [-0.39, 0.29) is 12.3 Å². The van der Waals surface area contributed by atoms with Crippen molar-refractivity contribution in [2.45, 2.75) is 130 Å². The summed E-state index contributed by atoms with van der Waals surface area (Å²) in [6.45, 7) is 11.4. The van der Waals surface area contributed by atoms with Crippen molar-refractivity contribution in [2.24, 2.45) is 22.7 Å². The predicted molar refractivity (Wildman–Crippen MR) is 171 cm³/mol. The maximum atomic E-state index is 13.8. The Labute approximate surface area is 272 Å². The van der Waals surface area contributed by atoms with E-state index in [1.807, 2.05) is 20.8 Å². The summed E-state index contributed by atoms with van der Waals surface area (Å²) in [5.74, 6) is -6.16. The van der Waals surface area contributed by atoms with Crippen molar-refractivity contribution in [3.05, 3.63) is 0 Å². The molecule has 1 aliphatic rings. The minimum atomic E-state index is -1.62. The van der Waals surface area contributed by atoms with Gasteiger partial charge < -0.3 is 35.8 Å². The third-order valence-electron chi connectivity index (χ3n) is 8.32. The zero-order valence-electron chi connectivity index (χ0n) is 28.6. The van der Waals surface area contributed by atoms with E-state index >= 15 is 0 Å². The molecule has 262 valence electrons. The zero-order chi connectivity index (χ0) is 35.1. The summed E-state index contributed by atoms with van der Waals surface area (Å²) in [5.41, 5.74) is 0. The number of nitrogens with zero attached hydrogens (tertiary/aromatic N) is 2. The molecule has 0 saturated heterocycles. The Hall–Kier alpha value is -3.39. The van der Waals surface area contributed by atoms with Gasteiger partial charge >= 0.3 is 5.97 Å². The Morgan fingerprint density at radius 1 is 0.913 bits per heavy atom. The second kappa shape index (κ2) is 20.0. The number of carbonyl (C=O) groups is 6. The lowest BCUT2D eigenvalue weighted by molar-refractivity contribution is -0.152. The number of rotatable bonds is 11. The van der Waals surface area contributed by atoms with E-state index in [9.17, 15) is 39.0 Å². The number of esters is 1. The van der Waals surface area contributed by atoms with Gasteiger partial charge in [0.1, 0.15) is 36.5 Å². The first-order valence-electron chi connectivity index (χ1n) is 16.3. The van der Waals surface area contributed by atoms with E-state index in [0.717, 1.165) is 19.3 Å². The number of carbonyl (C=O) groups excluding carboxylic acids is 6. The van der Waals surface area contributed by atoms with Crippen LogP contribution in [0, 0.1) is 17.8 Å². The van der Waals surface area contributed by atoms with Crippen LogP contribution in [0.2, 0.25) is 0 Å². The molecule has 0 bridgehead atoms. The number of nitrogens with one attached hydrogen (secondary N) is 3. The number of aliphatic imine (C=N–C) groups is 1. The molecule has 1 heterocycles. The van der Waals surface area contributed by atoms with E-state index in [1.54, 1.807) is 13.8 Å². The lowest BCUT2D eigenvalue weighted by Gasteiger charge is -2.34. The van der Waals surface area contributed by atoms with Gasteiger partial charge in [-0.05, 0) is 38.0 Å². The van der Waals surface area contributed by atoms with Crippen LogP contribution in [0.1, 0.15) is 93.4 Å². The number of likely N-dealkylation sites (N-methyl/N-ethyl adjacent to an activating group) is 1. The molecule has 1 rings (SSSR count). The number of cyclic esters (lactones) is 1. The van der Waals surface area contributed by atoms with Gasteiger partial charge in [0.2, 0.25) is 23.6 Å². The van der Waals surface area contributed by atoms with Crippen molar-refractivity contribution in [3.8, 4) is 0 Å². The van der Waals surface area contributed by atoms with Crippen LogP contribution < -0.4 is 16.0 Å². The molecule has 0 saturated carbocycles. The van der Waals surface area contributed by atoms with Crippen LogP contribution in [0.15, 0.2) is 4.99 Å². The second-order valence-electron chi connectivity index (χ2n) is 12.6. The summed E-state index contributed by atoms with van der Waals surface area (Å²) in [7, 11) is 1.49. The van der Waals surface area contributed by atoms with E-state index in [2.05, 4.69) is 27.9 Å². The van der Waals surface area contributed by atoms with E-state index in [1.165, 1.54) is 18.9 Å². The lowest BCUT2D eigenvalue weighted by atomic mass is 9.94. The Morgan fingerprint density at radius 2 is 1.54 bits per heavy atom. The van der Waals surface area contributed by atoms with Crippen LogP contribution in [-0.4, -0.2) is 107 Å². The molecular weight excluding hydrogens is 598 g/mol. The molecule has 8 atom stereocenters. The molecule has 0 aliphatic carbocycles. The maximum Gasteiger partial charge on any atom is 0.349 e. The second-order valence-corrected chi connectivity index (χ2v) is 12.6. The molecule has 5 N–H and O–H groups in total. The van der Waals surface area contributed by atoms with Crippen molar-refractivity contribution in [1.82, 2.24) is 20.9 Å². The standard InChI is InChI=1S/C32H55N5O9/c1-9-11-12-13-14-24-20(6)32(45)37(8)23(15-18(3)4)29(42)35-26(19(5)10-2)31(44)34-22(17-38)28(41)36-27(21(7)39)30(43)33-16-25(40)46-24/h16,18-24,26-27,38-39H,9-15,17H2,1-8H3,(H,34,44)(H,35,42)(H,36,41)/t19-,20-,21+,22+,23+,24-,26+,27+/m1/s1. The van der Waals surface area contributed by atoms with Crippen LogP contribution >= 0.6 is 0 Å². The summed E-state index contributed by atoms with van der Waals surface area (Å²) in [4.78, 5) is 84.6. The van der Waals surface area contributed by atoms with Crippen molar-refractivity contribution in [1.29, 1.82) is 0 Å². The average molecular weight is 654 g/mol. The van der Waals surface area contributed by atoms with Gasteiger partial charge in [-0.1, -0.05) is 67.2 Å². The SMILES string of the molecule is CCCCCC[C@H]1OC(=O)C=NC(=O)[C@H]([C@H](C)O)NC(=O)[C@H](CO)NC(=O)[C@H]([C@H](C)CC)NC(=O)[C@H](CC(C)C)N(C)C(=O)[C@@H]1C. The van der Waals surface area contributed by atoms with Gasteiger partial charge in [0.15, 0.2) is 0 Å². The summed E-state index contributed by atoms with van der Waals surface area (Å²) >= 11 is 0. The Kier molecular flexibility index (Phi) is 17.6. The highest BCUT2D eigenvalue weighted by Gasteiger charge is 2.38. The number of aliphatic hydroxyl groups is 2. The van der Waals surface area contributed by atoms with Crippen molar-refractivity contribution >= 4 is 41.7 Å². The van der Waals surface area contributed by atoms with E-state index in [0.29, 0.717) is 25.5 Å². The molecule has 14 heteroatoms. The molecular formula is C32H55N5O9. The molecule has 0 aromatic rings. The normalized spacial score (nSPS) is 27.6. The van der Waals surface area contributed by atoms with Gasteiger partial charge in [-0.25, -0.2) is 9.79 Å². The Balaban J connectivity index is 3.68. The Morgan fingerprint density at radius 3 is 2.09 bits per heavy atom. The average Bonchev–Trinajstić information content (AvgIpc) is 3.01. The summed E-state index contributed by atoms with van der Waals surface area (Å²) in [6.07, 6.45) is 2.77. The summed E-state index contributed by atoms with van der Waals surface area (Å²) in [6, 6.07) is -5.28. The van der Waals surface area contributed by atoms with Crippen molar-refractivity contribution < 1.29 is 43.7 Å². The summed E-state index contributed by atoms with van der Waals surface area (Å²) < 4.78 is 5.62. The first-order valence-corrected chi connectivity index (χ1v) is 16.3. The minimum Gasteiger partial charge on any atom is -0.457 e. The predicted octanol–water partition coefficient (Wildman–Crippen LogP) is 0.862. The topological polar surface area (TPSA) is 204 Å². The van der Waals surface area contributed by atoms with E-state index < -0.39 is 90.3 Å². The van der Waals surface area contributed by atoms with Gasteiger partial charge in [0, 0.05) is 7.05 Å². The van der Waals surface area contributed by atoms with Crippen LogP contribution in [0.5, 0.6) is 0 Å². The smallest absolute Gasteiger partial charge is 0.349 e. The molecule has 0 radical (unpaired) electrons. The van der Waals surface area contributed by atoms with Gasteiger partial charge in [0.25, 0.3) is 5.91 Å². The number of ether oxygens (including phenoxy) is 1. The third kappa shape index (κ3) is 12.4. The fourth-order valence-corrected chi connectivity index (χ4v) is 5.13. The Bertz CT molecular complexity index is 1080. The van der Waals surface area contributed by atoms with E-state index in [4.69, 9.17) is 4.74 Å². The molecule has 5 amide bonds. The molecule has 0 fully saturated rings. The fourth-order valence-electron chi connectivity index (χ4n) is 5.13. The number of aliphatic hydroxyl groups excluding tert-OH is 2. The highest BCUT2D eigenvalue weighted by molar-refractivity contribution is 6.25. The number of unbranched alkanes of at least 4 members (excludes halogenated alkanes) is 3. The van der Waals surface area contributed by atoms with Gasteiger partial charge in [-0.2, -0.15) is 0 Å². The largest absolute Gasteiger partial charge is 0.457 e. The number of amides is 5. The third-order valence-corrected chi connectivity index (χ3v) is 8.32. The molecule has 0 spiro atoms. The van der Waals surface area contributed by atoms with Crippen molar-refractivity contribution in [3.63, 3.8) is 0 Å². The highest BCUT2D eigenvalue weighted by atomic mass is 16.5. The lowest BCUT2D eigenvalue weighted by Crippen LogP contribution is -2.61. The monoisotopic (exact) mass is 653 g/mol. The molecule has 0 aromatic heterocycles. The van der Waals surface area contributed by atoms with Crippen LogP contribution in [0.25, 0.3) is 0 Å². The first-order chi connectivity index (χ1) is 21.6. The van der Waals surface area contributed by atoms with Gasteiger partial charge in [-0.3, -0.25) is 24.0 Å². The molecule has 14 nitrogen and oxygen atoms in total. The number of hydrogen-bond acceptors (Lipinski definition) is 9.